The van der Waals surface area contributed by atoms with Crippen molar-refractivity contribution >= 4 is 68.1 Å². The van der Waals surface area contributed by atoms with E-state index in [1.54, 1.807) is 28.5 Å². The molecule has 20 heteroatoms. The van der Waals surface area contributed by atoms with Gasteiger partial charge in [-0.15, -0.1) is 17.8 Å². The first-order valence-electron chi connectivity index (χ1n) is 27.7. The number of rotatable bonds is 18. The number of fused-ring (bicyclic) bond motifs is 4. The molecule has 2 unspecified atom stereocenters. The highest BCUT2D eigenvalue weighted by Crippen LogP contribution is 2.38. The van der Waals surface area contributed by atoms with Gasteiger partial charge in [0.25, 0.3) is 0 Å². The smallest absolute Gasteiger partial charge is 0.318 e. The highest BCUT2D eigenvalue weighted by atomic mass is 32.1. The molecule has 80 heavy (non-hydrogen) atoms. The van der Waals surface area contributed by atoms with Crippen LogP contribution in [-0.4, -0.2) is 144 Å². The fourth-order valence-corrected chi connectivity index (χ4v) is 12.0. The number of pyridine rings is 1. The second-order valence-electron chi connectivity index (χ2n) is 22.1. The van der Waals surface area contributed by atoms with Crippen molar-refractivity contribution in [2.45, 2.75) is 110 Å². The number of terminal acetylenes is 1. The summed E-state index contributed by atoms with van der Waals surface area (Å²) in [5.41, 5.74) is 12.5. The standard InChI is InChI=1S/C34H50N6O5S.C26H23FN6O/c1-24-30(46-23-37-24)26-11-9-25(10-12-26)22-36-32(43)27-8-7-18-40(27)33(44)31(34(2,3)4)38-29(42)14-20-45-21-15-35-28(41)13-19-39-16-5-6-17-39;1-3-14-5-4-6-15-9-16(28)10-19(21(14)15)23-22(27)24-20(11-29-23)25(32-26(31-24)34-2)33-12-17-7-8-18(13-33)30-17/h9-12,23,27,31H,5-8,13-22H2,1-4H3,(H,35,41)(H,36,43)(H,38,42);1,4-6,9-11,17-18,30H,7-8,12-13,28H2,2H3/t27-,31+;/m1./s1. The maximum atomic E-state index is 16.1. The van der Waals surface area contributed by atoms with Gasteiger partial charge < -0.3 is 51.2 Å². The molecule has 0 spiro atoms. The van der Waals surface area contributed by atoms with E-state index in [1.165, 1.54) is 20.0 Å². The molecular weight excluding hydrogens is 1040 g/mol. The second kappa shape index (κ2) is 25.9. The summed E-state index contributed by atoms with van der Waals surface area (Å²) in [4.78, 5) is 76.9. The lowest BCUT2D eigenvalue weighted by Crippen LogP contribution is -2.57. The van der Waals surface area contributed by atoms with Gasteiger partial charge in [-0.25, -0.2) is 9.37 Å². The average Bonchev–Trinajstić information content (AvgIpc) is 4.37. The number of halogens is 1. The fraction of sp³-hybridized carbons (Fsp3) is 0.467. The Morgan fingerprint density at radius 1 is 0.938 bits per heavy atom. The molecule has 10 rings (SSSR count). The van der Waals surface area contributed by atoms with Crippen LogP contribution in [0.5, 0.6) is 6.01 Å². The van der Waals surface area contributed by atoms with Crippen LogP contribution in [0.2, 0.25) is 0 Å². The van der Waals surface area contributed by atoms with Gasteiger partial charge in [-0.05, 0) is 98.7 Å². The van der Waals surface area contributed by atoms with E-state index in [9.17, 15) is 19.2 Å². The van der Waals surface area contributed by atoms with Gasteiger partial charge in [0.1, 0.15) is 29.1 Å². The van der Waals surface area contributed by atoms with Crippen LogP contribution < -0.4 is 36.6 Å². The van der Waals surface area contributed by atoms with Gasteiger partial charge in [0, 0.05) is 92.6 Å². The molecule has 3 aromatic heterocycles. The third-order valence-corrected chi connectivity index (χ3v) is 16.3. The number of ether oxygens (including phenoxy) is 2. The number of aromatic nitrogens is 4. The Bertz CT molecular complexity index is 3230. The van der Waals surface area contributed by atoms with Crippen LogP contribution in [0, 0.1) is 30.5 Å². The van der Waals surface area contributed by atoms with Gasteiger partial charge in [0.2, 0.25) is 23.6 Å². The summed E-state index contributed by atoms with van der Waals surface area (Å²) in [6, 6.07) is 16.7. The molecule has 18 nitrogen and oxygen atoms in total. The predicted molar refractivity (Wildman–Crippen MR) is 310 cm³/mol. The van der Waals surface area contributed by atoms with Crippen molar-refractivity contribution in [2.75, 3.05) is 76.8 Å². The summed E-state index contributed by atoms with van der Waals surface area (Å²) in [6.07, 6.45) is 13.9. The van der Waals surface area contributed by atoms with E-state index in [-0.39, 0.29) is 53.9 Å². The Morgan fingerprint density at radius 2 is 1.70 bits per heavy atom. The molecule has 0 saturated carbocycles. The molecule has 2 bridgehead atoms. The van der Waals surface area contributed by atoms with Crippen molar-refractivity contribution < 1.29 is 33.0 Å². The van der Waals surface area contributed by atoms with Gasteiger partial charge in [0.05, 0.1) is 41.8 Å². The van der Waals surface area contributed by atoms with Crippen molar-refractivity contribution in [3.8, 4) is 40.1 Å². The first-order chi connectivity index (χ1) is 38.6. The van der Waals surface area contributed by atoms with E-state index >= 15 is 4.39 Å². The topological polar surface area (TPSA) is 222 Å². The monoisotopic (exact) mass is 1110 g/mol. The molecule has 0 aliphatic carbocycles. The zero-order valence-corrected chi connectivity index (χ0v) is 47.2. The number of benzene rings is 3. The number of anilines is 2. The number of hydrogen-bond acceptors (Lipinski definition) is 15. The maximum absolute atomic E-state index is 16.1. The number of aryl methyl sites for hydroxylation is 1. The lowest BCUT2D eigenvalue weighted by atomic mass is 9.85. The number of likely N-dealkylation sites (tertiary alicyclic amines) is 2. The normalized spacial score (nSPS) is 18.4. The lowest BCUT2D eigenvalue weighted by Gasteiger charge is -2.35. The van der Waals surface area contributed by atoms with Crippen molar-refractivity contribution in [3.63, 3.8) is 0 Å². The summed E-state index contributed by atoms with van der Waals surface area (Å²) in [7, 11) is 1.48. The first-order valence-corrected chi connectivity index (χ1v) is 28.6. The summed E-state index contributed by atoms with van der Waals surface area (Å²) in [6.45, 7) is 13.9. The molecule has 0 radical (unpaired) electrons. The molecule has 6 N–H and O–H groups in total. The second-order valence-corrected chi connectivity index (χ2v) is 23.0. The van der Waals surface area contributed by atoms with Gasteiger partial charge >= 0.3 is 6.01 Å². The molecule has 4 amide bonds. The molecule has 4 aliphatic heterocycles. The number of carbonyl (C=O) groups is 4. The minimum absolute atomic E-state index is 0.00480. The molecule has 4 aliphatic rings. The third-order valence-electron chi connectivity index (χ3n) is 15.3. The SMILES string of the molecule is C#Cc1cccc2cc(N)cc(-c3ncc4c(N5CC6CCC(C5)N6)nc(OC)nc4c3F)c12.Cc1ncsc1-c1ccc(CNC(=O)[C@H]2CCCN2C(=O)[C@H](NC(=O)CCOCCNC(=O)CCN2CCCC2)C(C)(C)C)cc1. The molecule has 4 fully saturated rings. The number of piperazine rings is 1. The van der Waals surface area contributed by atoms with Crippen LogP contribution in [0.25, 0.3) is 43.4 Å². The summed E-state index contributed by atoms with van der Waals surface area (Å²) < 4.78 is 27.1. The Labute approximate surface area is 471 Å². The number of thiazole rings is 1. The summed E-state index contributed by atoms with van der Waals surface area (Å²) in [5, 5.41) is 14.5. The molecule has 4 saturated heterocycles. The van der Waals surface area contributed by atoms with Crippen molar-refractivity contribution in [3.05, 3.63) is 88.9 Å². The van der Waals surface area contributed by atoms with Crippen molar-refractivity contribution in [1.82, 2.24) is 51.0 Å². The van der Waals surface area contributed by atoms with Crippen LogP contribution in [-0.2, 0) is 30.5 Å². The minimum Gasteiger partial charge on any atom is -0.467 e. The van der Waals surface area contributed by atoms with Crippen LogP contribution in [0.4, 0.5) is 15.9 Å². The largest absolute Gasteiger partial charge is 0.467 e. The minimum atomic E-state index is -0.786. The van der Waals surface area contributed by atoms with Crippen molar-refractivity contribution in [1.29, 1.82) is 0 Å². The average molecular weight is 1110 g/mol. The number of nitrogen functional groups attached to an aromatic ring is 1. The van der Waals surface area contributed by atoms with Gasteiger partial charge in [-0.2, -0.15) is 9.97 Å². The quantitative estimate of drug-likeness (QED) is 0.0341. The number of carbonyl (C=O) groups excluding carboxylic acids is 4. The van der Waals surface area contributed by atoms with E-state index in [1.807, 2.05) is 81.7 Å². The maximum Gasteiger partial charge on any atom is 0.318 e. The Kier molecular flexibility index (Phi) is 18.6. The van der Waals surface area contributed by atoms with Gasteiger partial charge in [0.15, 0.2) is 5.82 Å². The molecule has 4 atom stereocenters. The number of nitrogens with zero attached hydrogens (tertiary/aromatic N) is 7. The predicted octanol–water partition coefficient (Wildman–Crippen LogP) is 6.76. The first kappa shape index (κ1) is 57.4. The summed E-state index contributed by atoms with van der Waals surface area (Å²) in [5.74, 6) is 2.04. The molecule has 7 heterocycles. The van der Waals surface area contributed by atoms with E-state index in [4.69, 9.17) is 21.6 Å². The molecule has 6 aromatic rings. The number of hydrogen-bond donors (Lipinski definition) is 5. The number of nitrogens with two attached hydrogens (primary N) is 1. The third kappa shape index (κ3) is 13.6. The number of nitrogens with one attached hydrogen (secondary N) is 4. The Balaban J connectivity index is 0.000000201. The van der Waals surface area contributed by atoms with Crippen molar-refractivity contribution in [2.24, 2.45) is 5.41 Å². The van der Waals surface area contributed by atoms with Crippen LogP contribution in [0.15, 0.2) is 66.3 Å². The highest BCUT2D eigenvalue weighted by molar-refractivity contribution is 7.13. The summed E-state index contributed by atoms with van der Waals surface area (Å²) >= 11 is 1.60. The Morgan fingerprint density at radius 3 is 2.40 bits per heavy atom. The van der Waals surface area contributed by atoms with Gasteiger partial charge in [-0.3, -0.25) is 24.2 Å². The van der Waals surface area contributed by atoms with Gasteiger partial charge in [-0.1, -0.05) is 63.1 Å². The zero-order valence-electron chi connectivity index (χ0n) is 46.4. The van der Waals surface area contributed by atoms with E-state index in [2.05, 4.69) is 56.9 Å². The highest BCUT2D eigenvalue weighted by Gasteiger charge is 2.42. The van der Waals surface area contributed by atoms with E-state index in [0.717, 1.165) is 84.5 Å². The lowest BCUT2D eigenvalue weighted by molar-refractivity contribution is -0.144. The van der Waals surface area contributed by atoms with E-state index in [0.29, 0.717) is 79.2 Å². The Hall–Kier alpha value is -7.31. The number of methoxy groups -OCH3 is 1. The number of amides is 4. The van der Waals surface area contributed by atoms with E-state index < -0.39 is 23.3 Å². The fourth-order valence-electron chi connectivity index (χ4n) is 11.2. The van der Waals surface area contributed by atoms with Crippen LogP contribution in [0.1, 0.15) is 89.0 Å². The van der Waals surface area contributed by atoms with Crippen LogP contribution >= 0.6 is 11.3 Å². The molecule has 422 valence electrons. The molecular formula is C60H73FN12O6S. The molecule has 3 aromatic carbocycles. The zero-order chi connectivity index (χ0) is 56.5. The van der Waals surface area contributed by atoms with Crippen LogP contribution in [0.3, 0.4) is 0 Å².